The maximum atomic E-state index is 3.04. The van der Waals surface area contributed by atoms with Gasteiger partial charge in [-0.2, -0.15) is 0 Å². The summed E-state index contributed by atoms with van der Waals surface area (Å²) in [5.74, 6) is 0. The van der Waals surface area contributed by atoms with Crippen molar-refractivity contribution in [1.82, 2.24) is 10.6 Å². The molecule has 1 fully saturated rings. The summed E-state index contributed by atoms with van der Waals surface area (Å²) < 4.78 is 0. The van der Waals surface area contributed by atoms with E-state index >= 15 is 0 Å². The fourth-order valence-electron chi connectivity index (χ4n) is 0.429. The van der Waals surface area contributed by atoms with Crippen LogP contribution in [0.4, 0.5) is 0 Å². The molecule has 0 saturated carbocycles. The van der Waals surface area contributed by atoms with E-state index in [0.29, 0.717) is 0 Å². The van der Waals surface area contributed by atoms with Gasteiger partial charge in [-0.3, -0.25) is 0 Å². The fraction of sp³-hybridized carbons (Fsp3) is 0.500. The molecule has 0 spiro atoms. The van der Waals surface area contributed by atoms with Gasteiger partial charge in [0.2, 0.25) is 0 Å². The molecule has 1 heterocycles. The van der Waals surface area contributed by atoms with Gasteiger partial charge in [-0.05, 0) is 0 Å². The first-order valence-electron chi connectivity index (χ1n) is 2.10. The van der Waals surface area contributed by atoms with Crippen molar-refractivity contribution in [1.29, 1.82) is 0 Å². The van der Waals surface area contributed by atoms with E-state index in [-0.39, 0.29) is 0 Å². The standard InChI is InChI=1S/C4H8N2/c1-2-6-4-3-5-1/h1,4-6H,2-3H2. The molecule has 0 aromatic heterocycles. The Hall–Kier alpha value is -0.0800. The molecule has 1 aliphatic rings. The summed E-state index contributed by atoms with van der Waals surface area (Å²) in [4.78, 5) is 0. The van der Waals surface area contributed by atoms with Gasteiger partial charge in [0.05, 0.1) is 0 Å². The van der Waals surface area contributed by atoms with E-state index in [1.165, 1.54) is 0 Å². The molecule has 2 nitrogen and oxygen atoms in total. The third kappa shape index (κ3) is 0.954. The smallest absolute Gasteiger partial charge is 0.0359 e. The van der Waals surface area contributed by atoms with E-state index in [2.05, 4.69) is 10.6 Å². The number of nitrogens with one attached hydrogen (secondary N) is 2. The van der Waals surface area contributed by atoms with Gasteiger partial charge in [0, 0.05) is 26.2 Å². The van der Waals surface area contributed by atoms with Crippen LogP contribution in [0.2, 0.25) is 0 Å². The van der Waals surface area contributed by atoms with Gasteiger partial charge in [0.1, 0.15) is 0 Å². The molecule has 2 N–H and O–H groups in total. The molecular weight excluding hydrogens is 76.1 g/mol. The van der Waals surface area contributed by atoms with Gasteiger partial charge in [-0.15, -0.1) is 0 Å². The van der Waals surface area contributed by atoms with Crippen LogP contribution < -0.4 is 10.6 Å². The highest BCUT2D eigenvalue weighted by molar-refractivity contribution is 4.79. The van der Waals surface area contributed by atoms with Gasteiger partial charge in [-0.25, -0.2) is 0 Å². The van der Waals surface area contributed by atoms with Crippen molar-refractivity contribution in [2.75, 3.05) is 13.1 Å². The highest BCUT2D eigenvalue weighted by atomic mass is 15.0. The molecule has 0 aromatic rings. The minimum absolute atomic E-state index is 0.958. The van der Waals surface area contributed by atoms with Crippen LogP contribution >= 0.6 is 0 Å². The van der Waals surface area contributed by atoms with Crippen molar-refractivity contribution in [2.24, 2.45) is 0 Å². The Bertz CT molecular complexity index is 21.0. The van der Waals surface area contributed by atoms with Crippen LogP contribution in [0, 0.1) is 13.1 Å². The molecule has 1 aliphatic heterocycles. The Labute approximate surface area is 37.9 Å². The highest BCUT2D eigenvalue weighted by Gasteiger charge is 1.92. The SMILES string of the molecule is [CH]1CN[CH]CN1. The lowest BCUT2D eigenvalue weighted by molar-refractivity contribution is 0.660. The number of hydrogen-bond acceptors (Lipinski definition) is 2. The van der Waals surface area contributed by atoms with E-state index in [1.54, 1.807) is 0 Å². The first-order chi connectivity index (χ1) is 3.00. The predicted molar refractivity (Wildman–Crippen MR) is 24.6 cm³/mol. The van der Waals surface area contributed by atoms with Crippen LogP contribution in [0.5, 0.6) is 0 Å². The van der Waals surface area contributed by atoms with Gasteiger partial charge in [0.15, 0.2) is 0 Å². The molecule has 0 aromatic carbocycles. The summed E-state index contributed by atoms with van der Waals surface area (Å²) in [7, 11) is 0. The van der Waals surface area contributed by atoms with Gasteiger partial charge >= 0.3 is 0 Å². The molecule has 1 rings (SSSR count). The second-order valence-electron chi connectivity index (χ2n) is 1.22. The molecule has 0 aliphatic carbocycles. The van der Waals surface area contributed by atoms with Crippen molar-refractivity contribution in [2.45, 2.75) is 0 Å². The van der Waals surface area contributed by atoms with Crippen LogP contribution in [-0.4, -0.2) is 13.1 Å². The molecule has 0 unspecified atom stereocenters. The maximum absolute atomic E-state index is 3.04. The molecule has 0 amide bonds. The molecule has 0 bridgehead atoms. The summed E-state index contributed by atoms with van der Waals surface area (Å²) in [6.45, 7) is 5.92. The fourth-order valence-corrected chi connectivity index (χ4v) is 0.429. The van der Waals surface area contributed by atoms with Gasteiger partial charge in [0.25, 0.3) is 0 Å². The van der Waals surface area contributed by atoms with Crippen molar-refractivity contribution in [3.8, 4) is 0 Å². The lowest BCUT2D eigenvalue weighted by Crippen LogP contribution is -2.31. The second-order valence-corrected chi connectivity index (χ2v) is 1.22. The lowest BCUT2D eigenvalue weighted by Gasteiger charge is -2.09. The highest BCUT2D eigenvalue weighted by Crippen LogP contribution is 1.76. The van der Waals surface area contributed by atoms with E-state index in [0.717, 1.165) is 13.1 Å². The summed E-state index contributed by atoms with van der Waals surface area (Å²) in [5, 5.41) is 6.08. The zero-order valence-electron chi connectivity index (χ0n) is 3.57. The van der Waals surface area contributed by atoms with E-state index in [1.807, 2.05) is 13.1 Å². The van der Waals surface area contributed by atoms with E-state index < -0.39 is 0 Å². The first-order valence-corrected chi connectivity index (χ1v) is 2.10. The molecule has 34 valence electrons. The number of hydrogen-bond donors (Lipinski definition) is 2. The Morgan fingerprint density at radius 3 is 1.67 bits per heavy atom. The molecule has 2 radical (unpaired) electrons. The third-order valence-electron chi connectivity index (χ3n) is 0.729. The van der Waals surface area contributed by atoms with Crippen LogP contribution in [0.15, 0.2) is 0 Å². The zero-order chi connectivity index (χ0) is 4.24. The topological polar surface area (TPSA) is 24.1 Å². The second kappa shape index (κ2) is 2.16. The minimum Gasteiger partial charge on any atom is -0.310 e. The predicted octanol–water partition coefficient (Wildman–Crippen LogP) is -0.497. The maximum Gasteiger partial charge on any atom is 0.0359 e. The van der Waals surface area contributed by atoms with Crippen molar-refractivity contribution in [3.05, 3.63) is 13.1 Å². The normalized spacial score (nSPS) is 24.0. The zero-order valence-corrected chi connectivity index (χ0v) is 3.57. The van der Waals surface area contributed by atoms with Crippen LogP contribution in [0.1, 0.15) is 0 Å². The molecule has 0 atom stereocenters. The monoisotopic (exact) mass is 84.1 g/mol. The summed E-state index contributed by atoms with van der Waals surface area (Å²) in [6, 6.07) is 0. The molecule has 6 heavy (non-hydrogen) atoms. The summed E-state index contributed by atoms with van der Waals surface area (Å²) >= 11 is 0. The van der Waals surface area contributed by atoms with Gasteiger partial charge < -0.3 is 10.6 Å². The average Bonchev–Trinajstić information content (AvgIpc) is 1.72. The summed E-state index contributed by atoms with van der Waals surface area (Å²) in [6.07, 6.45) is 0. The first kappa shape index (κ1) is 4.09. The van der Waals surface area contributed by atoms with Crippen LogP contribution in [0.3, 0.4) is 0 Å². The Morgan fingerprint density at radius 2 is 1.50 bits per heavy atom. The Balaban J connectivity index is 2.00. The van der Waals surface area contributed by atoms with Crippen molar-refractivity contribution in [3.63, 3.8) is 0 Å². The van der Waals surface area contributed by atoms with Crippen molar-refractivity contribution >= 4 is 0 Å². The van der Waals surface area contributed by atoms with E-state index in [4.69, 9.17) is 0 Å². The number of piperazine rings is 1. The third-order valence-corrected chi connectivity index (χ3v) is 0.729. The lowest BCUT2D eigenvalue weighted by atomic mass is 10.4. The van der Waals surface area contributed by atoms with Crippen LogP contribution in [0.25, 0.3) is 0 Å². The Kier molecular flexibility index (Phi) is 1.47. The minimum atomic E-state index is 0.958. The van der Waals surface area contributed by atoms with Gasteiger partial charge in [-0.1, -0.05) is 0 Å². The summed E-state index contributed by atoms with van der Waals surface area (Å²) in [5.41, 5.74) is 0. The van der Waals surface area contributed by atoms with E-state index in [9.17, 15) is 0 Å². The quantitative estimate of drug-likeness (QED) is 0.413. The Morgan fingerprint density at radius 1 is 1.00 bits per heavy atom. The largest absolute Gasteiger partial charge is 0.310 e. The van der Waals surface area contributed by atoms with Crippen LogP contribution in [-0.2, 0) is 0 Å². The molecule has 2 heteroatoms. The molecule has 1 saturated heterocycles. The van der Waals surface area contributed by atoms with Crippen molar-refractivity contribution < 1.29 is 0 Å². The molecular formula is C4H8N2. The average molecular weight is 84.1 g/mol. The number of rotatable bonds is 0.